The highest BCUT2D eigenvalue weighted by Crippen LogP contribution is 2.60. The first-order chi connectivity index (χ1) is 15.2. The molecule has 1 fully saturated rings. The summed E-state index contributed by atoms with van der Waals surface area (Å²) in [5.74, 6) is 1.40. The van der Waals surface area contributed by atoms with E-state index in [1.165, 1.54) is 11.1 Å². The van der Waals surface area contributed by atoms with Gasteiger partial charge in [-0.05, 0) is 64.6 Å². The number of carbonyl (C=O) groups is 2. The SMILES string of the molecule is O=C(NCC1C2Cc3ccccc3C12)c1ccc2c(c1)CC(c1ccccc1)OC2=O. The Labute approximate surface area is 181 Å². The van der Waals surface area contributed by atoms with E-state index in [1.807, 2.05) is 36.4 Å². The molecule has 0 radical (unpaired) electrons. The molecule has 0 bridgehead atoms. The number of fused-ring (bicyclic) bond motifs is 4. The summed E-state index contributed by atoms with van der Waals surface area (Å²) >= 11 is 0. The minimum atomic E-state index is -0.327. The minimum absolute atomic E-state index is 0.0729. The van der Waals surface area contributed by atoms with Crippen LogP contribution in [0.4, 0.5) is 0 Å². The fourth-order valence-electron chi connectivity index (χ4n) is 5.47. The number of carbonyl (C=O) groups excluding carboxylic acids is 2. The first kappa shape index (κ1) is 18.4. The zero-order chi connectivity index (χ0) is 20.9. The maximum atomic E-state index is 12.8. The minimum Gasteiger partial charge on any atom is -0.454 e. The van der Waals surface area contributed by atoms with E-state index in [2.05, 4.69) is 29.6 Å². The molecular formula is C27H23NO3. The normalized spacial score (nSPS) is 25.1. The topological polar surface area (TPSA) is 55.4 Å². The van der Waals surface area contributed by atoms with Crippen LogP contribution in [0.1, 0.15) is 55.0 Å². The third-order valence-corrected chi connectivity index (χ3v) is 7.11. The highest BCUT2D eigenvalue weighted by Gasteiger charge is 2.55. The third-order valence-electron chi connectivity index (χ3n) is 7.11. The van der Waals surface area contributed by atoms with E-state index in [0.29, 0.717) is 41.8 Å². The second kappa shape index (κ2) is 7.09. The Morgan fingerprint density at radius 1 is 0.935 bits per heavy atom. The predicted octanol–water partition coefficient (Wildman–Crippen LogP) is 4.46. The van der Waals surface area contributed by atoms with Crippen molar-refractivity contribution in [3.8, 4) is 0 Å². The molecule has 0 aromatic heterocycles. The fraction of sp³-hybridized carbons (Fsp3) is 0.259. The largest absolute Gasteiger partial charge is 0.454 e. The van der Waals surface area contributed by atoms with Crippen LogP contribution in [-0.4, -0.2) is 18.4 Å². The number of rotatable bonds is 4. The quantitative estimate of drug-likeness (QED) is 0.648. The molecule has 0 spiro atoms. The van der Waals surface area contributed by atoms with E-state index in [4.69, 9.17) is 4.74 Å². The summed E-state index contributed by atoms with van der Waals surface area (Å²) in [6.07, 6.45) is 1.39. The van der Waals surface area contributed by atoms with Gasteiger partial charge in [0.25, 0.3) is 5.91 Å². The lowest BCUT2D eigenvalue weighted by molar-refractivity contribution is 0.0252. The third kappa shape index (κ3) is 3.14. The first-order valence-corrected chi connectivity index (χ1v) is 10.9. The Balaban J connectivity index is 1.14. The summed E-state index contributed by atoms with van der Waals surface area (Å²) in [7, 11) is 0. The molecule has 3 aromatic rings. The van der Waals surface area contributed by atoms with Crippen LogP contribution in [-0.2, 0) is 17.6 Å². The van der Waals surface area contributed by atoms with Crippen molar-refractivity contribution in [2.45, 2.75) is 24.9 Å². The highest BCUT2D eigenvalue weighted by atomic mass is 16.5. The van der Waals surface area contributed by atoms with Crippen molar-refractivity contribution >= 4 is 11.9 Å². The number of cyclic esters (lactones) is 1. The molecule has 154 valence electrons. The highest BCUT2D eigenvalue weighted by molar-refractivity contribution is 5.97. The van der Waals surface area contributed by atoms with Gasteiger partial charge >= 0.3 is 5.97 Å². The summed E-state index contributed by atoms with van der Waals surface area (Å²) in [5.41, 5.74) is 5.93. The lowest BCUT2D eigenvalue weighted by atomic mass is 9.93. The lowest BCUT2D eigenvalue weighted by Gasteiger charge is -2.25. The van der Waals surface area contributed by atoms with Crippen LogP contribution < -0.4 is 5.32 Å². The zero-order valence-corrected chi connectivity index (χ0v) is 17.1. The number of esters is 1. The van der Waals surface area contributed by atoms with Crippen LogP contribution in [0, 0.1) is 11.8 Å². The number of hydrogen-bond donors (Lipinski definition) is 1. The van der Waals surface area contributed by atoms with Gasteiger partial charge in [0.1, 0.15) is 6.10 Å². The van der Waals surface area contributed by atoms with Crippen molar-refractivity contribution in [1.82, 2.24) is 5.32 Å². The standard InChI is InChI=1S/C27H23NO3/c29-26(28-15-23-22-13-17-8-4-5-9-20(17)25(22)23)18-10-11-21-19(12-18)14-24(31-27(21)30)16-6-2-1-3-7-16/h1-12,22-25H,13-15H2,(H,28,29). The Kier molecular flexibility index (Phi) is 4.20. The molecule has 6 rings (SSSR count). The van der Waals surface area contributed by atoms with Gasteiger partial charge in [0.15, 0.2) is 0 Å². The summed E-state index contributed by atoms with van der Waals surface area (Å²) in [6.45, 7) is 0.703. The van der Waals surface area contributed by atoms with Gasteiger partial charge in [-0.25, -0.2) is 4.79 Å². The van der Waals surface area contributed by atoms with Gasteiger partial charge in [0.05, 0.1) is 5.56 Å². The summed E-state index contributed by atoms with van der Waals surface area (Å²) in [6, 6.07) is 23.7. The fourth-order valence-corrected chi connectivity index (χ4v) is 5.47. The van der Waals surface area contributed by atoms with E-state index in [0.717, 1.165) is 17.5 Å². The van der Waals surface area contributed by atoms with Gasteiger partial charge in [0.2, 0.25) is 0 Å². The summed E-state index contributed by atoms with van der Waals surface area (Å²) in [4.78, 5) is 25.3. The van der Waals surface area contributed by atoms with Gasteiger partial charge in [-0.15, -0.1) is 0 Å². The van der Waals surface area contributed by atoms with Gasteiger partial charge in [-0.3, -0.25) is 4.79 Å². The van der Waals surface area contributed by atoms with Gasteiger partial charge in [-0.2, -0.15) is 0 Å². The molecule has 4 atom stereocenters. The van der Waals surface area contributed by atoms with E-state index < -0.39 is 0 Å². The Bertz CT molecular complexity index is 1190. The lowest BCUT2D eigenvalue weighted by Crippen LogP contribution is -2.28. The average Bonchev–Trinajstić information content (AvgIpc) is 3.35. The van der Waals surface area contributed by atoms with Crippen molar-refractivity contribution < 1.29 is 14.3 Å². The maximum absolute atomic E-state index is 12.8. The smallest absolute Gasteiger partial charge is 0.339 e. The summed E-state index contributed by atoms with van der Waals surface area (Å²) < 4.78 is 5.62. The molecular weight excluding hydrogens is 386 g/mol. The van der Waals surface area contributed by atoms with E-state index >= 15 is 0 Å². The van der Waals surface area contributed by atoms with Crippen molar-refractivity contribution in [2.75, 3.05) is 6.54 Å². The van der Waals surface area contributed by atoms with E-state index in [9.17, 15) is 9.59 Å². The molecule has 1 N–H and O–H groups in total. The Hall–Kier alpha value is -3.40. The van der Waals surface area contributed by atoms with Gasteiger partial charge < -0.3 is 10.1 Å². The first-order valence-electron chi connectivity index (χ1n) is 10.9. The molecule has 31 heavy (non-hydrogen) atoms. The number of benzene rings is 3. The molecule has 3 aromatic carbocycles. The van der Waals surface area contributed by atoms with Crippen LogP contribution >= 0.6 is 0 Å². The predicted molar refractivity (Wildman–Crippen MR) is 117 cm³/mol. The molecule has 1 heterocycles. The molecule has 1 saturated carbocycles. The zero-order valence-electron chi connectivity index (χ0n) is 17.1. The summed E-state index contributed by atoms with van der Waals surface area (Å²) in [5, 5.41) is 3.13. The Morgan fingerprint density at radius 2 is 1.74 bits per heavy atom. The van der Waals surface area contributed by atoms with Crippen molar-refractivity contribution in [2.24, 2.45) is 11.8 Å². The molecule has 4 nitrogen and oxygen atoms in total. The van der Waals surface area contributed by atoms with Crippen LogP contribution in [0.25, 0.3) is 0 Å². The number of nitrogens with one attached hydrogen (secondary N) is 1. The Morgan fingerprint density at radius 3 is 2.61 bits per heavy atom. The van der Waals surface area contributed by atoms with Gasteiger partial charge in [-0.1, -0.05) is 54.6 Å². The molecule has 1 amide bonds. The molecule has 4 heteroatoms. The second-order valence-corrected chi connectivity index (χ2v) is 8.85. The van der Waals surface area contributed by atoms with E-state index in [-0.39, 0.29) is 18.0 Å². The van der Waals surface area contributed by atoms with E-state index in [1.54, 1.807) is 12.1 Å². The second-order valence-electron chi connectivity index (χ2n) is 8.85. The van der Waals surface area contributed by atoms with Crippen LogP contribution in [0.2, 0.25) is 0 Å². The van der Waals surface area contributed by atoms with Gasteiger partial charge in [0, 0.05) is 18.5 Å². The molecule has 3 aliphatic rings. The number of hydrogen-bond acceptors (Lipinski definition) is 3. The maximum Gasteiger partial charge on any atom is 0.339 e. The molecule has 4 unspecified atom stereocenters. The van der Waals surface area contributed by atoms with Crippen molar-refractivity contribution in [3.63, 3.8) is 0 Å². The molecule has 0 saturated heterocycles. The molecule has 2 aliphatic carbocycles. The van der Waals surface area contributed by atoms with Crippen LogP contribution in [0.5, 0.6) is 0 Å². The van der Waals surface area contributed by atoms with Crippen molar-refractivity contribution in [3.05, 3.63) is 106 Å². The number of amides is 1. The van der Waals surface area contributed by atoms with Crippen molar-refractivity contribution in [1.29, 1.82) is 0 Å². The van der Waals surface area contributed by atoms with Crippen LogP contribution in [0.3, 0.4) is 0 Å². The monoisotopic (exact) mass is 409 g/mol. The number of ether oxygens (including phenoxy) is 1. The average molecular weight is 409 g/mol. The van der Waals surface area contributed by atoms with Crippen LogP contribution in [0.15, 0.2) is 72.8 Å². The molecule has 1 aliphatic heterocycles.